The molecule has 4 aliphatic rings. The molecular formula is C29H50FN7O3. The standard InChI is InChI=1S/C29H50FN7O3/c1-4-19-5-6-21(30)15-34-26(18(19)2)25(27(31)32)28(38)35-23-16-33-11-7-24(23)36-12-8-20(9-13-36)29(39)37-14-10-22(17-37)40-3/h15,19-25,27,33H,4-14,16-17,31-32H2,1-3H3,(H,35,38)/b26-18-,34-15-/t19?,21?,22-,23?,24?,25?/m0/s1. The normalized spacial score (nSPS) is 34.4. The van der Waals surface area contributed by atoms with Crippen molar-refractivity contribution in [2.75, 3.05) is 46.4 Å². The third-order valence-corrected chi connectivity index (χ3v) is 9.55. The number of carbonyl (C=O) groups excluding carboxylic acids is 2. The van der Waals surface area contributed by atoms with E-state index in [9.17, 15) is 14.0 Å². The summed E-state index contributed by atoms with van der Waals surface area (Å²) in [6.07, 6.45) is 4.71. The summed E-state index contributed by atoms with van der Waals surface area (Å²) in [4.78, 5) is 35.7. The van der Waals surface area contributed by atoms with E-state index >= 15 is 0 Å². The molecule has 0 saturated carbocycles. The Morgan fingerprint density at radius 2 is 1.93 bits per heavy atom. The van der Waals surface area contributed by atoms with Crippen molar-refractivity contribution in [3.05, 3.63) is 11.3 Å². The number of carbonyl (C=O) groups is 2. The number of halogens is 1. The van der Waals surface area contributed by atoms with Crippen LogP contribution < -0.4 is 22.1 Å². The minimum atomic E-state index is -1.15. The highest BCUT2D eigenvalue weighted by Crippen LogP contribution is 2.32. The second-order valence-corrected chi connectivity index (χ2v) is 12.0. The number of amides is 2. The number of methoxy groups -OCH3 is 1. The summed E-state index contributed by atoms with van der Waals surface area (Å²) in [5.74, 6) is -0.706. The molecule has 226 valence electrons. The zero-order valence-electron chi connectivity index (χ0n) is 24.5. The molecule has 3 fully saturated rings. The van der Waals surface area contributed by atoms with Crippen molar-refractivity contribution >= 4 is 18.0 Å². The summed E-state index contributed by atoms with van der Waals surface area (Å²) in [7, 11) is 1.71. The van der Waals surface area contributed by atoms with Crippen LogP contribution >= 0.6 is 0 Å². The molecule has 4 rings (SSSR count). The van der Waals surface area contributed by atoms with Gasteiger partial charge in [-0.15, -0.1) is 0 Å². The van der Waals surface area contributed by atoms with E-state index in [2.05, 4.69) is 27.4 Å². The SMILES string of the molecule is CCC1CCC(F)/C=N\C(C(C(=O)NC2CNCCC2N2CCC(C(=O)N3CC[C@H](OC)C3)CC2)C(N)N)=C/1C. The summed E-state index contributed by atoms with van der Waals surface area (Å²) < 4.78 is 19.8. The van der Waals surface area contributed by atoms with Crippen molar-refractivity contribution in [1.82, 2.24) is 20.4 Å². The average Bonchev–Trinajstić information content (AvgIpc) is 3.44. The maximum Gasteiger partial charge on any atom is 0.232 e. The lowest BCUT2D eigenvalue weighted by Gasteiger charge is -2.44. The number of nitrogens with zero attached hydrogens (tertiary/aromatic N) is 3. The number of allylic oxidation sites excluding steroid dienone is 1. The van der Waals surface area contributed by atoms with Crippen molar-refractivity contribution in [1.29, 1.82) is 0 Å². The number of hydrogen-bond donors (Lipinski definition) is 4. The quantitative estimate of drug-likeness (QED) is 0.325. The zero-order chi connectivity index (χ0) is 28.8. The number of nitrogens with one attached hydrogen (secondary N) is 2. The minimum absolute atomic E-state index is 0.0409. The Kier molecular flexibility index (Phi) is 11.1. The summed E-state index contributed by atoms with van der Waals surface area (Å²) in [5.41, 5.74) is 13.8. The molecule has 0 bridgehead atoms. The van der Waals surface area contributed by atoms with Gasteiger partial charge in [0, 0.05) is 44.9 Å². The van der Waals surface area contributed by atoms with Gasteiger partial charge in [0.2, 0.25) is 11.8 Å². The van der Waals surface area contributed by atoms with Gasteiger partial charge < -0.3 is 31.7 Å². The molecule has 6 N–H and O–H groups in total. The van der Waals surface area contributed by atoms with Gasteiger partial charge in [-0.05, 0) is 83.0 Å². The fourth-order valence-electron chi connectivity index (χ4n) is 7.00. The lowest BCUT2D eigenvalue weighted by atomic mass is 9.85. The molecule has 0 aliphatic carbocycles. The van der Waals surface area contributed by atoms with E-state index in [1.807, 2.05) is 11.8 Å². The van der Waals surface area contributed by atoms with Crippen LogP contribution in [0.4, 0.5) is 4.39 Å². The van der Waals surface area contributed by atoms with Crippen LogP contribution in [0.1, 0.15) is 58.8 Å². The first kappa shape index (κ1) is 31.0. The van der Waals surface area contributed by atoms with Crippen LogP contribution in [-0.2, 0) is 14.3 Å². The molecule has 4 aliphatic heterocycles. The average molecular weight is 564 g/mol. The maximum absolute atomic E-state index is 14.4. The molecule has 2 amide bonds. The molecule has 6 atom stereocenters. The Balaban J connectivity index is 1.42. The van der Waals surface area contributed by atoms with E-state index in [1.165, 1.54) is 6.21 Å². The summed E-state index contributed by atoms with van der Waals surface area (Å²) >= 11 is 0. The second-order valence-electron chi connectivity index (χ2n) is 12.0. The van der Waals surface area contributed by atoms with Gasteiger partial charge in [0.25, 0.3) is 0 Å². The van der Waals surface area contributed by atoms with Gasteiger partial charge in [0.1, 0.15) is 12.1 Å². The molecule has 11 heteroatoms. The molecule has 3 saturated heterocycles. The van der Waals surface area contributed by atoms with Crippen molar-refractivity contribution in [3.8, 4) is 0 Å². The maximum atomic E-state index is 14.4. The van der Waals surface area contributed by atoms with Crippen molar-refractivity contribution in [2.24, 2.45) is 34.2 Å². The van der Waals surface area contributed by atoms with Crippen LogP contribution in [0.5, 0.6) is 0 Å². The monoisotopic (exact) mass is 563 g/mol. The van der Waals surface area contributed by atoms with Crippen LogP contribution in [0.3, 0.4) is 0 Å². The summed E-state index contributed by atoms with van der Waals surface area (Å²) in [6, 6.07) is 0.0141. The first-order valence-corrected chi connectivity index (χ1v) is 15.2. The van der Waals surface area contributed by atoms with Gasteiger partial charge in [-0.2, -0.15) is 0 Å². The number of aliphatic imine (C=N–C) groups is 1. The largest absolute Gasteiger partial charge is 0.380 e. The molecule has 0 aromatic carbocycles. The van der Waals surface area contributed by atoms with E-state index in [4.69, 9.17) is 16.2 Å². The molecule has 0 radical (unpaired) electrons. The molecule has 0 aromatic rings. The zero-order valence-corrected chi connectivity index (χ0v) is 24.5. The minimum Gasteiger partial charge on any atom is -0.380 e. The Morgan fingerprint density at radius 3 is 2.58 bits per heavy atom. The van der Waals surface area contributed by atoms with Gasteiger partial charge in [-0.3, -0.25) is 19.5 Å². The third-order valence-electron chi connectivity index (χ3n) is 9.55. The Bertz CT molecular complexity index is 937. The first-order chi connectivity index (χ1) is 19.2. The Labute approximate surface area is 238 Å². The van der Waals surface area contributed by atoms with Crippen LogP contribution in [0.25, 0.3) is 0 Å². The fraction of sp³-hybridized carbons (Fsp3) is 0.828. The van der Waals surface area contributed by atoms with Gasteiger partial charge in [-0.25, -0.2) is 4.39 Å². The molecular weight excluding hydrogens is 513 g/mol. The van der Waals surface area contributed by atoms with Crippen LogP contribution in [-0.4, -0.2) is 105 Å². The number of alkyl halides is 1. The predicted molar refractivity (Wildman–Crippen MR) is 154 cm³/mol. The Morgan fingerprint density at radius 1 is 1.18 bits per heavy atom. The van der Waals surface area contributed by atoms with Gasteiger partial charge in [0.05, 0.1) is 24.0 Å². The van der Waals surface area contributed by atoms with E-state index in [0.29, 0.717) is 31.6 Å². The number of rotatable bonds is 8. The van der Waals surface area contributed by atoms with Crippen LogP contribution in [0.2, 0.25) is 0 Å². The predicted octanol–water partition coefficient (Wildman–Crippen LogP) is 1.16. The van der Waals surface area contributed by atoms with Crippen molar-refractivity contribution in [3.63, 3.8) is 0 Å². The summed E-state index contributed by atoms with van der Waals surface area (Å²) in [5, 5.41) is 6.65. The first-order valence-electron chi connectivity index (χ1n) is 15.2. The number of piperidine rings is 2. The van der Waals surface area contributed by atoms with Gasteiger partial charge in [0.15, 0.2) is 0 Å². The third kappa shape index (κ3) is 7.28. The van der Waals surface area contributed by atoms with Gasteiger partial charge in [-0.1, -0.05) is 6.92 Å². The van der Waals surface area contributed by atoms with Crippen molar-refractivity contribution < 1.29 is 18.7 Å². The fourth-order valence-corrected chi connectivity index (χ4v) is 7.00. The number of nitrogens with two attached hydrogens (primary N) is 2. The van der Waals surface area contributed by atoms with E-state index in [0.717, 1.165) is 63.9 Å². The molecule has 5 unspecified atom stereocenters. The lowest BCUT2D eigenvalue weighted by molar-refractivity contribution is -0.136. The van der Waals surface area contributed by atoms with Crippen LogP contribution in [0, 0.1) is 17.8 Å². The Hall–Kier alpha value is -1.92. The van der Waals surface area contributed by atoms with Gasteiger partial charge >= 0.3 is 0 Å². The molecule has 4 heterocycles. The smallest absolute Gasteiger partial charge is 0.232 e. The highest BCUT2D eigenvalue weighted by atomic mass is 19.1. The number of hydrogen-bond acceptors (Lipinski definition) is 8. The molecule has 0 aromatic heterocycles. The van der Waals surface area contributed by atoms with Crippen molar-refractivity contribution in [2.45, 2.75) is 89.3 Å². The lowest BCUT2D eigenvalue weighted by Crippen LogP contribution is -2.62. The van der Waals surface area contributed by atoms with E-state index in [-0.39, 0.29) is 41.8 Å². The molecule has 40 heavy (non-hydrogen) atoms. The second kappa shape index (κ2) is 14.3. The number of ether oxygens (including phenoxy) is 1. The van der Waals surface area contributed by atoms with E-state index < -0.39 is 18.3 Å². The molecule has 10 nitrogen and oxygen atoms in total. The summed E-state index contributed by atoms with van der Waals surface area (Å²) in [6.45, 7) is 8.64. The highest BCUT2D eigenvalue weighted by molar-refractivity contribution is 5.83. The number of likely N-dealkylation sites (tertiary alicyclic amines) is 2. The molecule has 0 spiro atoms. The topological polar surface area (TPSA) is 138 Å². The van der Waals surface area contributed by atoms with Crippen LogP contribution in [0.15, 0.2) is 16.3 Å². The van der Waals surface area contributed by atoms with E-state index in [1.54, 1.807) is 7.11 Å². The highest BCUT2D eigenvalue weighted by Gasteiger charge is 2.39.